The van der Waals surface area contributed by atoms with E-state index >= 15 is 0 Å². The molecule has 1 amide bonds. The van der Waals surface area contributed by atoms with Gasteiger partial charge < -0.3 is 15.5 Å². The summed E-state index contributed by atoms with van der Waals surface area (Å²) in [6.07, 6.45) is 5.59. The molecule has 1 saturated heterocycles. The van der Waals surface area contributed by atoms with E-state index in [1.54, 1.807) is 0 Å². The van der Waals surface area contributed by atoms with Crippen LogP contribution in [0.3, 0.4) is 0 Å². The van der Waals surface area contributed by atoms with Crippen LogP contribution in [0.1, 0.15) is 52.9 Å². The van der Waals surface area contributed by atoms with Crippen molar-refractivity contribution in [3.05, 3.63) is 0 Å². The summed E-state index contributed by atoms with van der Waals surface area (Å²) in [4.78, 5) is 14.4. The van der Waals surface area contributed by atoms with E-state index in [1.165, 1.54) is 12.8 Å². The summed E-state index contributed by atoms with van der Waals surface area (Å²) in [6, 6.07) is 1.27. The van der Waals surface area contributed by atoms with Gasteiger partial charge in [-0.3, -0.25) is 4.79 Å². The van der Waals surface area contributed by atoms with Crippen molar-refractivity contribution < 1.29 is 4.79 Å². The Hall–Kier alpha value is -0.610. The Morgan fingerprint density at radius 1 is 1.16 bits per heavy atom. The van der Waals surface area contributed by atoms with E-state index in [0.29, 0.717) is 12.5 Å². The molecule has 110 valence electrons. The minimum absolute atomic E-state index is 0.0931. The van der Waals surface area contributed by atoms with Gasteiger partial charge in [0.15, 0.2) is 0 Å². The summed E-state index contributed by atoms with van der Waals surface area (Å²) in [7, 11) is 0. The van der Waals surface area contributed by atoms with E-state index in [1.807, 2.05) is 0 Å². The van der Waals surface area contributed by atoms with Crippen LogP contribution in [0.5, 0.6) is 0 Å². The zero-order chi connectivity index (χ0) is 13.9. The predicted molar refractivity (Wildman–Crippen MR) is 78.1 cm³/mol. The molecule has 0 bridgehead atoms. The average Bonchev–Trinajstić information content (AvgIpc) is 3.12. The van der Waals surface area contributed by atoms with E-state index < -0.39 is 0 Å². The Morgan fingerprint density at radius 2 is 1.79 bits per heavy atom. The number of carbonyl (C=O) groups excluding carboxylic acids is 1. The van der Waals surface area contributed by atoms with Gasteiger partial charge in [0.25, 0.3) is 0 Å². The monoisotopic (exact) mass is 267 g/mol. The summed E-state index contributed by atoms with van der Waals surface area (Å²) in [5, 5.41) is 6.53. The SMILES string of the molecule is CC(C)(C)NCCC(=O)NC1CCN(C2CC2)CC1. The molecule has 0 atom stereocenters. The van der Waals surface area contributed by atoms with E-state index in [2.05, 4.69) is 36.3 Å². The smallest absolute Gasteiger partial charge is 0.221 e. The summed E-state index contributed by atoms with van der Waals surface area (Å²) >= 11 is 0. The zero-order valence-electron chi connectivity index (χ0n) is 12.7. The number of hydrogen-bond acceptors (Lipinski definition) is 3. The van der Waals surface area contributed by atoms with Crippen molar-refractivity contribution in [3.8, 4) is 0 Å². The highest BCUT2D eigenvalue weighted by Crippen LogP contribution is 2.29. The lowest BCUT2D eigenvalue weighted by Gasteiger charge is -2.32. The highest BCUT2D eigenvalue weighted by atomic mass is 16.1. The van der Waals surface area contributed by atoms with Gasteiger partial charge in [-0.15, -0.1) is 0 Å². The number of amides is 1. The highest BCUT2D eigenvalue weighted by Gasteiger charge is 2.31. The predicted octanol–water partition coefficient (Wildman–Crippen LogP) is 1.51. The molecule has 0 unspecified atom stereocenters. The van der Waals surface area contributed by atoms with Crippen molar-refractivity contribution >= 4 is 5.91 Å². The van der Waals surface area contributed by atoms with Crippen molar-refractivity contribution in [1.82, 2.24) is 15.5 Å². The van der Waals surface area contributed by atoms with Crippen LogP contribution >= 0.6 is 0 Å². The number of hydrogen-bond donors (Lipinski definition) is 2. The van der Waals surface area contributed by atoms with Gasteiger partial charge in [0.1, 0.15) is 0 Å². The molecular formula is C15H29N3O. The Morgan fingerprint density at radius 3 is 2.32 bits per heavy atom. The number of rotatable bonds is 5. The first kappa shape index (κ1) is 14.8. The minimum Gasteiger partial charge on any atom is -0.353 e. The maximum atomic E-state index is 11.9. The second kappa shape index (κ2) is 6.23. The van der Waals surface area contributed by atoms with Crippen LogP contribution in [0.15, 0.2) is 0 Å². The molecule has 0 aromatic carbocycles. The van der Waals surface area contributed by atoms with Crippen LogP contribution in [0, 0.1) is 0 Å². The van der Waals surface area contributed by atoms with Crippen LogP contribution in [0.4, 0.5) is 0 Å². The standard InChI is InChI=1S/C15H29N3O/c1-15(2,3)16-9-6-14(19)17-12-7-10-18(11-8-12)13-4-5-13/h12-13,16H,4-11H2,1-3H3,(H,17,19). The number of piperidine rings is 1. The number of nitrogens with one attached hydrogen (secondary N) is 2. The summed E-state index contributed by atoms with van der Waals surface area (Å²) < 4.78 is 0. The Balaban J connectivity index is 1.58. The van der Waals surface area contributed by atoms with Gasteiger partial charge in [0.2, 0.25) is 5.91 Å². The third-order valence-corrected chi connectivity index (χ3v) is 3.97. The normalized spacial score (nSPS) is 22.5. The zero-order valence-corrected chi connectivity index (χ0v) is 12.7. The van der Waals surface area contributed by atoms with Crippen molar-refractivity contribution in [2.24, 2.45) is 0 Å². The lowest BCUT2D eigenvalue weighted by atomic mass is 10.0. The summed E-state index contributed by atoms with van der Waals surface area (Å²) in [5.74, 6) is 0.196. The molecule has 0 aromatic heterocycles. The fraction of sp³-hybridized carbons (Fsp3) is 0.933. The maximum Gasteiger partial charge on any atom is 0.221 e. The molecule has 2 rings (SSSR count). The van der Waals surface area contributed by atoms with Crippen LogP contribution in [0.25, 0.3) is 0 Å². The largest absolute Gasteiger partial charge is 0.353 e. The quantitative estimate of drug-likeness (QED) is 0.793. The summed E-state index contributed by atoms with van der Waals surface area (Å²) in [6.45, 7) is 9.46. The molecule has 0 aromatic rings. The molecule has 1 aliphatic carbocycles. The molecule has 1 saturated carbocycles. The first-order chi connectivity index (χ1) is 8.94. The third kappa shape index (κ3) is 5.49. The second-order valence-electron chi connectivity index (χ2n) is 7.04. The van der Waals surface area contributed by atoms with Gasteiger partial charge in [0, 0.05) is 43.7 Å². The molecule has 1 heterocycles. The Bertz CT molecular complexity index is 299. The van der Waals surface area contributed by atoms with E-state index in [9.17, 15) is 4.79 Å². The van der Waals surface area contributed by atoms with E-state index in [0.717, 1.165) is 38.5 Å². The first-order valence-corrected chi connectivity index (χ1v) is 7.72. The van der Waals surface area contributed by atoms with Crippen LogP contribution < -0.4 is 10.6 Å². The molecule has 2 fully saturated rings. The lowest BCUT2D eigenvalue weighted by molar-refractivity contribution is -0.122. The van der Waals surface area contributed by atoms with Crippen molar-refractivity contribution in [2.75, 3.05) is 19.6 Å². The molecular weight excluding hydrogens is 238 g/mol. The third-order valence-electron chi connectivity index (χ3n) is 3.97. The average molecular weight is 267 g/mol. The molecule has 0 spiro atoms. The second-order valence-corrected chi connectivity index (χ2v) is 7.04. The number of nitrogens with zero attached hydrogens (tertiary/aromatic N) is 1. The molecule has 2 aliphatic rings. The first-order valence-electron chi connectivity index (χ1n) is 7.72. The Labute approximate surface area is 117 Å². The number of carbonyl (C=O) groups is 1. The highest BCUT2D eigenvalue weighted by molar-refractivity contribution is 5.76. The van der Waals surface area contributed by atoms with E-state index in [-0.39, 0.29) is 11.4 Å². The fourth-order valence-corrected chi connectivity index (χ4v) is 2.70. The Kier molecular flexibility index (Phi) is 4.85. The fourth-order valence-electron chi connectivity index (χ4n) is 2.70. The van der Waals surface area contributed by atoms with Crippen molar-refractivity contribution in [1.29, 1.82) is 0 Å². The molecule has 1 aliphatic heterocycles. The van der Waals surface area contributed by atoms with Gasteiger partial charge in [-0.25, -0.2) is 0 Å². The topological polar surface area (TPSA) is 44.4 Å². The minimum atomic E-state index is 0.0931. The van der Waals surface area contributed by atoms with Crippen LogP contribution in [0.2, 0.25) is 0 Å². The van der Waals surface area contributed by atoms with Gasteiger partial charge in [-0.1, -0.05) is 0 Å². The van der Waals surface area contributed by atoms with Crippen molar-refractivity contribution in [2.45, 2.75) is 70.5 Å². The van der Waals surface area contributed by atoms with Crippen LogP contribution in [-0.2, 0) is 4.79 Å². The van der Waals surface area contributed by atoms with Gasteiger partial charge in [-0.05, 0) is 46.5 Å². The lowest BCUT2D eigenvalue weighted by Crippen LogP contribution is -2.46. The molecule has 4 nitrogen and oxygen atoms in total. The van der Waals surface area contributed by atoms with Crippen LogP contribution in [-0.4, -0.2) is 48.1 Å². The van der Waals surface area contributed by atoms with Gasteiger partial charge in [0.05, 0.1) is 0 Å². The molecule has 4 heteroatoms. The number of likely N-dealkylation sites (tertiary alicyclic amines) is 1. The van der Waals surface area contributed by atoms with Gasteiger partial charge in [-0.2, -0.15) is 0 Å². The van der Waals surface area contributed by atoms with Gasteiger partial charge >= 0.3 is 0 Å². The molecule has 2 N–H and O–H groups in total. The van der Waals surface area contributed by atoms with E-state index in [4.69, 9.17) is 0 Å². The molecule has 0 radical (unpaired) electrons. The summed E-state index contributed by atoms with van der Waals surface area (Å²) in [5.41, 5.74) is 0.0931. The molecule has 19 heavy (non-hydrogen) atoms. The maximum absolute atomic E-state index is 11.9. The van der Waals surface area contributed by atoms with Crippen molar-refractivity contribution in [3.63, 3.8) is 0 Å².